The van der Waals surface area contributed by atoms with Gasteiger partial charge < -0.3 is 29.1 Å². The van der Waals surface area contributed by atoms with E-state index in [1.807, 2.05) is 35.8 Å². The average Bonchev–Trinajstić information content (AvgIpc) is 3.50. The third-order valence-electron chi connectivity index (χ3n) is 6.10. The lowest BCUT2D eigenvalue weighted by Crippen LogP contribution is -2.43. The van der Waals surface area contributed by atoms with Gasteiger partial charge in [0.15, 0.2) is 17.2 Å². The van der Waals surface area contributed by atoms with E-state index >= 15 is 0 Å². The predicted molar refractivity (Wildman–Crippen MR) is 128 cm³/mol. The molecule has 3 heterocycles. The molecular weight excluding hydrogens is 471 g/mol. The Kier molecular flexibility index (Phi) is 5.63. The number of methoxy groups -OCH3 is 2. The summed E-state index contributed by atoms with van der Waals surface area (Å²) in [6.45, 7) is 2.48. The van der Waals surface area contributed by atoms with Crippen LogP contribution in [0.15, 0.2) is 55.4 Å². The number of hydrogen-bond acceptors (Lipinski definition) is 7. The van der Waals surface area contributed by atoms with Gasteiger partial charge in [-0.1, -0.05) is 24.3 Å². The van der Waals surface area contributed by atoms with Crippen molar-refractivity contribution < 1.29 is 23.8 Å². The van der Waals surface area contributed by atoms with Crippen LogP contribution >= 0.6 is 7.60 Å². The number of fused-ring (bicyclic) bond motifs is 3. The molecule has 2 aromatic heterocycles. The zero-order valence-corrected chi connectivity index (χ0v) is 20.3. The van der Waals surface area contributed by atoms with Crippen LogP contribution < -0.4 is 14.8 Å². The normalized spacial score (nSPS) is 16.8. The Morgan fingerprint density at radius 2 is 1.74 bits per heavy atom. The molecule has 0 amide bonds. The number of rotatable bonds is 7. The van der Waals surface area contributed by atoms with Crippen molar-refractivity contribution in [3.8, 4) is 22.8 Å². The van der Waals surface area contributed by atoms with Gasteiger partial charge in [-0.2, -0.15) is 5.10 Å². The zero-order valence-electron chi connectivity index (χ0n) is 19.4. The van der Waals surface area contributed by atoms with Crippen LogP contribution in [-0.4, -0.2) is 48.3 Å². The minimum absolute atomic E-state index is 0.287. The molecule has 1 atom stereocenters. The lowest BCUT2D eigenvalue weighted by molar-refractivity contribution is 0.354. The van der Waals surface area contributed by atoms with Gasteiger partial charge >= 0.3 is 7.60 Å². The van der Waals surface area contributed by atoms with Crippen LogP contribution in [0.4, 0.5) is 5.69 Å². The molecule has 0 saturated heterocycles. The Labute approximate surface area is 201 Å². The molecule has 12 heteroatoms. The van der Waals surface area contributed by atoms with E-state index in [4.69, 9.17) is 14.5 Å². The lowest BCUT2D eigenvalue weighted by atomic mass is 9.94. The van der Waals surface area contributed by atoms with E-state index in [1.54, 1.807) is 43.7 Å². The van der Waals surface area contributed by atoms with E-state index < -0.39 is 13.3 Å². The summed E-state index contributed by atoms with van der Waals surface area (Å²) in [6, 6.07) is 11.0. The highest BCUT2D eigenvalue weighted by atomic mass is 31.2. The number of benzene rings is 2. The van der Waals surface area contributed by atoms with Gasteiger partial charge in [0.25, 0.3) is 0 Å². The zero-order chi connectivity index (χ0) is 24.8. The first-order valence-corrected chi connectivity index (χ1v) is 12.6. The molecule has 0 fully saturated rings. The van der Waals surface area contributed by atoms with Crippen LogP contribution in [0.3, 0.4) is 0 Å². The van der Waals surface area contributed by atoms with Crippen LogP contribution in [0.1, 0.15) is 23.7 Å². The molecular formula is C23H25N6O5P. The number of aromatic nitrogens is 5. The molecule has 0 bridgehead atoms. The highest BCUT2D eigenvalue weighted by Crippen LogP contribution is 2.47. The molecule has 1 unspecified atom stereocenters. The molecule has 2 aromatic carbocycles. The molecule has 4 aromatic rings. The largest absolute Gasteiger partial charge is 0.493 e. The summed E-state index contributed by atoms with van der Waals surface area (Å²) in [5.41, 5.74) is 4.11. The van der Waals surface area contributed by atoms with Crippen LogP contribution in [0, 0.1) is 0 Å². The number of anilines is 1. The van der Waals surface area contributed by atoms with E-state index in [1.165, 1.54) is 6.33 Å². The number of hydrogen-bond donors (Lipinski definition) is 3. The Morgan fingerprint density at radius 3 is 2.37 bits per heavy atom. The van der Waals surface area contributed by atoms with Crippen molar-refractivity contribution in [3.63, 3.8) is 0 Å². The maximum absolute atomic E-state index is 11.3. The van der Waals surface area contributed by atoms with Crippen molar-refractivity contribution in [2.24, 2.45) is 0 Å². The minimum atomic E-state index is -4.12. The fourth-order valence-electron chi connectivity index (χ4n) is 4.43. The van der Waals surface area contributed by atoms with Gasteiger partial charge in [0.2, 0.25) is 0 Å². The first-order chi connectivity index (χ1) is 16.7. The molecule has 0 aliphatic carbocycles. The summed E-state index contributed by atoms with van der Waals surface area (Å²) in [5, 5.41) is 7.91. The first-order valence-electron chi connectivity index (χ1n) is 10.8. The maximum atomic E-state index is 11.3. The van der Waals surface area contributed by atoms with Crippen molar-refractivity contribution in [2.45, 2.75) is 25.3 Å². The summed E-state index contributed by atoms with van der Waals surface area (Å²) in [6.07, 6.45) is 4.61. The predicted octanol–water partition coefficient (Wildman–Crippen LogP) is 3.03. The van der Waals surface area contributed by atoms with Crippen molar-refractivity contribution in [1.82, 2.24) is 24.3 Å². The smallest absolute Gasteiger partial charge is 0.329 e. The molecule has 0 saturated carbocycles. The van der Waals surface area contributed by atoms with Gasteiger partial charge in [0, 0.05) is 23.9 Å². The van der Waals surface area contributed by atoms with Gasteiger partial charge in [-0.3, -0.25) is 4.57 Å². The molecule has 1 aliphatic heterocycles. The lowest BCUT2D eigenvalue weighted by Gasteiger charge is -2.36. The molecule has 0 spiro atoms. The molecule has 0 radical (unpaired) electrons. The SMILES string of the molecule is COc1cc2c(cc1OC)-c1c(ncn1Cc1ccc(CP(=O)(O)O)cc1)C(C)(n1cncn1)N2. The molecule has 35 heavy (non-hydrogen) atoms. The number of nitrogens with one attached hydrogen (secondary N) is 1. The third-order valence-corrected chi connectivity index (χ3v) is 6.87. The quantitative estimate of drug-likeness (QED) is 0.330. The van der Waals surface area contributed by atoms with E-state index in [2.05, 4.69) is 15.4 Å². The van der Waals surface area contributed by atoms with Crippen LogP contribution in [0.25, 0.3) is 11.3 Å². The third kappa shape index (κ3) is 4.18. The average molecular weight is 496 g/mol. The van der Waals surface area contributed by atoms with Gasteiger partial charge in [-0.15, -0.1) is 0 Å². The standard InChI is InChI=1S/C23H25N6O5P/c1-23(29-13-24-12-26-29)22-21(17-8-19(33-2)20(34-3)9-18(17)27-23)28(14-25-22)10-15-4-6-16(7-5-15)11-35(30,31)32/h4-9,12-14,27H,10-11H2,1-3H3,(H2,30,31,32). The highest BCUT2D eigenvalue weighted by molar-refractivity contribution is 7.50. The van der Waals surface area contributed by atoms with Gasteiger partial charge in [-0.25, -0.2) is 14.6 Å². The topological polar surface area (TPSA) is 137 Å². The Morgan fingerprint density at radius 1 is 1.06 bits per heavy atom. The van der Waals surface area contributed by atoms with Crippen LogP contribution in [0.5, 0.6) is 11.5 Å². The molecule has 11 nitrogen and oxygen atoms in total. The van der Waals surface area contributed by atoms with E-state index in [0.717, 1.165) is 28.2 Å². The van der Waals surface area contributed by atoms with E-state index in [0.29, 0.717) is 23.6 Å². The van der Waals surface area contributed by atoms with Gasteiger partial charge in [0.1, 0.15) is 18.3 Å². The fourth-order valence-corrected chi connectivity index (χ4v) is 5.12. The van der Waals surface area contributed by atoms with Crippen molar-refractivity contribution in [2.75, 3.05) is 19.5 Å². The van der Waals surface area contributed by atoms with Crippen LogP contribution in [0.2, 0.25) is 0 Å². The number of nitrogens with zero attached hydrogens (tertiary/aromatic N) is 5. The summed E-state index contributed by atoms with van der Waals surface area (Å²) in [4.78, 5) is 27.4. The molecule has 182 valence electrons. The fraction of sp³-hybridized carbons (Fsp3) is 0.261. The van der Waals surface area contributed by atoms with E-state index in [-0.39, 0.29) is 6.16 Å². The Balaban J connectivity index is 1.60. The second kappa shape index (κ2) is 8.53. The van der Waals surface area contributed by atoms with Crippen molar-refractivity contribution in [3.05, 3.63) is 72.2 Å². The van der Waals surface area contributed by atoms with Crippen molar-refractivity contribution in [1.29, 1.82) is 0 Å². The highest BCUT2D eigenvalue weighted by Gasteiger charge is 2.41. The number of ether oxygens (including phenoxy) is 2. The summed E-state index contributed by atoms with van der Waals surface area (Å²) in [7, 11) is -0.935. The minimum Gasteiger partial charge on any atom is -0.493 e. The van der Waals surface area contributed by atoms with Gasteiger partial charge in [-0.05, 0) is 24.1 Å². The van der Waals surface area contributed by atoms with Crippen LogP contribution in [-0.2, 0) is 22.9 Å². The van der Waals surface area contributed by atoms with Gasteiger partial charge in [0.05, 0.1) is 32.4 Å². The van der Waals surface area contributed by atoms with E-state index in [9.17, 15) is 14.4 Å². The van der Waals surface area contributed by atoms with Crippen molar-refractivity contribution >= 4 is 13.3 Å². The first kappa shape index (κ1) is 23.1. The summed E-state index contributed by atoms with van der Waals surface area (Å²) >= 11 is 0. The summed E-state index contributed by atoms with van der Waals surface area (Å²) in [5.74, 6) is 1.19. The second-order valence-electron chi connectivity index (χ2n) is 8.50. The Hall–Kier alpha value is -3.66. The molecule has 5 rings (SSSR count). The molecule has 3 N–H and O–H groups in total. The maximum Gasteiger partial charge on any atom is 0.329 e. The summed E-state index contributed by atoms with van der Waals surface area (Å²) < 4.78 is 26.2. The monoisotopic (exact) mass is 496 g/mol. The second-order valence-corrected chi connectivity index (χ2v) is 10.1. The molecule has 1 aliphatic rings. The Bertz CT molecular complexity index is 1410. The number of imidazole rings is 1.